The summed E-state index contributed by atoms with van der Waals surface area (Å²) in [5.74, 6) is 0.710. The molecule has 4 heteroatoms. The minimum atomic E-state index is 0.0171. The number of nitrogens with zero attached hydrogens (tertiary/aromatic N) is 3. The number of rotatable bonds is 3. The average molecular weight is 219 g/mol. The van der Waals surface area contributed by atoms with Gasteiger partial charge < -0.3 is 4.74 Å². The van der Waals surface area contributed by atoms with Crippen LogP contribution in [0.1, 0.15) is 37.6 Å². The average Bonchev–Trinajstić information content (AvgIpc) is 2.23. The maximum absolute atomic E-state index is 9.08. The standard InChI is InChI=1S/C12H17N3O/c1-7(2)10(5)16-12-11(6-13)8(3)9(4)14-15-12/h7,10H,1-5H3. The van der Waals surface area contributed by atoms with Crippen molar-refractivity contribution in [3.05, 3.63) is 16.8 Å². The second-order valence-corrected chi connectivity index (χ2v) is 4.27. The van der Waals surface area contributed by atoms with Crippen molar-refractivity contribution in [3.63, 3.8) is 0 Å². The Kier molecular flexibility index (Phi) is 3.83. The first-order valence-electron chi connectivity index (χ1n) is 5.38. The largest absolute Gasteiger partial charge is 0.472 e. The summed E-state index contributed by atoms with van der Waals surface area (Å²) in [5.41, 5.74) is 2.09. The van der Waals surface area contributed by atoms with E-state index in [0.29, 0.717) is 17.4 Å². The van der Waals surface area contributed by atoms with Gasteiger partial charge >= 0.3 is 0 Å². The minimum absolute atomic E-state index is 0.0171. The Bertz CT molecular complexity index is 421. The Morgan fingerprint density at radius 3 is 2.31 bits per heavy atom. The van der Waals surface area contributed by atoms with Crippen molar-refractivity contribution >= 4 is 0 Å². The number of aromatic nitrogens is 2. The van der Waals surface area contributed by atoms with Crippen LogP contribution in [0.2, 0.25) is 0 Å². The lowest BCUT2D eigenvalue weighted by Crippen LogP contribution is -2.20. The van der Waals surface area contributed by atoms with Gasteiger partial charge in [-0.2, -0.15) is 10.4 Å². The first-order valence-corrected chi connectivity index (χ1v) is 5.38. The summed E-state index contributed by atoms with van der Waals surface area (Å²) < 4.78 is 5.64. The molecule has 0 aromatic carbocycles. The van der Waals surface area contributed by atoms with Crippen molar-refractivity contribution in [2.45, 2.75) is 40.7 Å². The van der Waals surface area contributed by atoms with Crippen molar-refractivity contribution in [3.8, 4) is 11.9 Å². The lowest BCUT2D eigenvalue weighted by molar-refractivity contribution is 0.161. The van der Waals surface area contributed by atoms with Gasteiger partial charge in [0.15, 0.2) is 0 Å². The van der Waals surface area contributed by atoms with Gasteiger partial charge in [-0.3, -0.25) is 0 Å². The van der Waals surface area contributed by atoms with Crippen molar-refractivity contribution in [1.82, 2.24) is 10.2 Å². The Morgan fingerprint density at radius 2 is 1.81 bits per heavy atom. The Balaban J connectivity index is 3.07. The molecule has 86 valence electrons. The van der Waals surface area contributed by atoms with Gasteiger partial charge in [0.05, 0.1) is 5.69 Å². The molecule has 0 N–H and O–H groups in total. The SMILES string of the molecule is Cc1nnc(OC(C)C(C)C)c(C#N)c1C. The van der Waals surface area contributed by atoms with Gasteiger partial charge in [-0.1, -0.05) is 13.8 Å². The van der Waals surface area contributed by atoms with E-state index in [0.717, 1.165) is 11.3 Å². The number of hydrogen-bond donors (Lipinski definition) is 0. The van der Waals surface area contributed by atoms with E-state index in [1.807, 2.05) is 20.8 Å². The molecule has 0 radical (unpaired) electrons. The maximum Gasteiger partial charge on any atom is 0.252 e. The predicted octanol–water partition coefficient (Wildman–Crippen LogP) is 2.39. The van der Waals surface area contributed by atoms with Crippen LogP contribution in [0.25, 0.3) is 0 Å². The van der Waals surface area contributed by atoms with Crippen molar-refractivity contribution in [2.75, 3.05) is 0 Å². The zero-order valence-corrected chi connectivity index (χ0v) is 10.4. The topological polar surface area (TPSA) is 58.8 Å². The highest BCUT2D eigenvalue weighted by atomic mass is 16.5. The monoisotopic (exact) mass is 219 g/mol. The van der Waals surface area contributed by atoms with Crippen LogP contribution >= 0.6 is 0 Å². The highest BCUT2D eigenvalue weighted by molar-refractivity contribution is 5.44. The summed E-state index contributed by atoms with van der Waals surface area (Å²) in [6.45, 7) is 9.77. The van der Waals surface area contributed by atoms with Crippen LogP contribution in [0.5, 0.6) is 5.88 Å². The van der Waals surface area contributed by atoms with Crippen LogP contribution in [-0.2, 0) is 0 Å². The van der Waals surface area contributed by atoms with Crippen LogP contribution in [0, 0.1) is 31.1 Å². The molecule has 1 aromatic rings. The molecule has 1 unspecified atom stereocenters. The Labute approximate surface area is 96.3 Å². The Hall–Kier alpha value is -1.63. The van der Waals surface area contributed by atoms with Crippen molar-refractivity contribution in [1.29, 1.82) is 5.26 Å². The first-order chi connectivity index (χ1) is 7.47. The van der Waals surface area contributed by atoms with Gasteiger partial charge in [0.25, 0.3) is 5.88 Å². The number of aryl methyl sites for hydroxylation is 1. The second-order valence-electron chi connectivity index (χ2n) is 4.27. The molecule has 0 saturated heterocycles. The van der Waals surface area contributed by atoms with E-state index in [1.165, 1.54) is 0 Å². The molecule has 1 rings (SSSR count). The van der Waals surface area contributed by atoms with E-state index < -0.39 is 0 Å². The van der Waals surface area contributed by atoms with E-state index in [2.05, 4.69) is 30.1 Å². The molecule has 0 saturated carbocycles. The fourth-order valence-corrected chi connectivity index (χ4v) is 1.11. The summed E-state index contributed by atoms with van der Waals surface area (Å²) in [6, 6.07) is 2.12. The Morgan fingerprint density at radius 1 is 1.19 bits per heavy atom. The third-order valence-electron chi connectivity index (χ3n) is 2.77. The summed E-state index contributed by atoms with van der Waals surface area (Å²) in [6.07, 6.45) is 0.0171. The third kappa shape index (κ3) is 2.48. The summed E-state index contributed by atoms with van der Waals surface area (Å²) >= 11 is 0. The fraction of sp³-hybridized carbons (Fsp3) is 0.583. The van der Waals surface area contributed by atoms with Gasteiger partial charge in [-0.25, -0.2) is 0 Å². The molecular weight excluding hydrogens is 202 g/mol. The fourth-order valence-electron chi connectivity index (χ4n) is 1.11. The molecule has 0 bridgehead atoms. The van der Waals surface area contributed by atoms with Crippen molar-refractivity contribution < 1.29 is 4.74 Å². The van der Waals surface area contributed by atoms with Crippen LogP contribution in [0.4, 0.5) is 0 Å². The summed E-state index contributed by atoms with van der Waals surface area (Å²) in [5, 5.41) is 17.0. The third-order valence-corrected chi connectivity index (χ3v) is 2.77. The minimum Gasteiger partial charge on any atom is -0.472 e. The molecule has 0 spiro atoms. The molecule has 0 fully saturated rings. The number of nitriles is 1. The van der Waals surface area contributed by atoms with Crippen LogP contribution in [0.3, 0.4) is 0 Å². The normalized spacial score (nSPS) is 12.3. The zero-order chi connectivity index (χ0) is 12.3. The predicted molar refractivity (Wildman–Crippen MR) is 61.1 cm³/mol. The highest BCUT2D eigenvalue weighted by Crippen LogP contribution is 2.21. The summed E-state index contributed by atoms with van der Waals surface area (Å²) in [4.78, 5) is 0. The molecule has 0 aliphatic rings. The molecular formula is C12H17N3O. The molecule has 1 atom stereocenters. The lowest BCUT2D eigenvalue weighted by Gasteiger charge is -2.18. The van der Waals surface area contributed by atoms with Gasteiger partial charge in [-0.05, 0) is 32.3 Å². The highest BCUT2D eigenvalue weighted by Gasteiger charge is 2.16. The first kappa shape index (κ1) is 12.4. The zero-order valence-electron chi connectivity index (χ0n) is 10.4. The summed E-state index contributed by atoms with van der Waals surface area (Å²) in [7, 11) is 0. The number of ether oxygens (including phenoxy) is 1. The lowest BCUT2D eigenvalue weighted by atomic mass is 10.1. The van der Waals surface area contributed by atoms with Gasteiger partial charge in [0.1, 0.15) is 17.7 Å². The van der Waals surface area contributed by atoms with Crippen LogP contribution in [-0.4, -0.2) is 16.3 Å². The van der Waals surface area contributed by atoms with E-state index >= 15 is 0 Å². The molecule has 0 aliphatic heterocycles. The van der Waals surface area contributed by atoms with E-state index in [9.17, 15) is 0 Å². The van der Waals surface area contributed by atoms with E-state index in [-0.39, 0.29) is 6.10 Å². The smallest absolute Gasteiger partial charge is 0.252 e. The van der Waals surface area contributed by atoms with Crippen LogP contribution < -0.4 is 4.74 Å². The molecule has 0 amide bonds. The molecule has 1 heterocycles. The van der Waals surface area contributed by atoms with E-state index in [4.69, 9.17) is 10.00 Å². The number of hydrogen-bond acceptors (Lipinski definition) is 4. The molecule has 1 aromatic heterocycles. The van der Waals surface area contributed by atoms with E-state index in [1.54, 1.807) is 0 Å². The van der Waals surface area contributed by atoms with Gasteiger partial charge in [0, 0.05) is 0 Å². The molecule has 4 nitrogen and oxygen atoms in total. The quantitative estimate of drug-likeness (QED) is 0.783. The molecule has 16 heavy (non-hydrogen) atoms. The molecule has 0 aliphatic carbocycles. The van der Waals surface area contributed by atoms with Crippen LogP contribution in [0.15, 0.2) is 0 Å². The van der Waals surface area contributed by atoms with Crippen molar-refractivity contribution in [2.24, 2.45) is 5.92 Å². The maximum atomic E-state index is 9.08. The second kappa shape index (κ2) is 4.93. The van der Waals surface area contributed by atoms with Gasteiger partial charge in [-0.15, -0.1) is 5.10 Å². The van der Waals surface area contributed by atoms with Gasteiger partial charge in [0.2, 0.25) is 0 Å².